The van der Waals surface area contributed by atoms with Crippen LogP contribution in [0.3, 0.4) is 0 Å². The Morgan fingerprint density at radius 2 is 2.44 bits per heavy atom. The van der Waals surface area contributed by atoms with Gasteiger partial charge in [0, 0.05) is 19.6 Å². The van der Waals surface area contributed by atoms with E-state index in [9.17, 15) is 4.79 Å². The van der Waals surface area contributed by atoms with Gasteiger partial charge in [-0.1, -0.05) is 6.92 Å². The number of hydrogen-bond acceptors (Lipinski definition) is 4. The number of aromatic nitrogens is 3. The van der Waals surface area contributed by atoms with Gasteiger partial charge in [-0.15, -0.1) is 5.10 Å². The Labute approximate surface area is 107 Å². The fourth-order valence-electron chi connectivity index (χ4n) is 2.07. The third kappa shape index (κ3) is 3.07. The van der Waals surface area contributed by atoms with Crippen molar-refractivity contribution in [2.75, 3.05) is 13.2 Å². The molecule has 0 spiro atoms. The molecule has 18 heavy (non-hydrogen) atoms. The first-order chi connectivity index (χ1) is 8.63. The molecule has 0 aliphatic carbocycles. The van der Waals surface area contributed by atoms with Gasteiger partial charge >= 0.3 is 0 Å². The van der Waals surface area contributed by atoms with Crippen LogP contribution in [0.15, 0.2) is 0 Å². The Kier molecular flexibility index (Phi) is 3.96. The van der Waals surface area contributed by atoms with Crippen LogP contribution in [-0.2, 0) is 11.2 Å². The van der Waals surface area contributed by atoms with Crippen LogP contribution in [-0.4, -0.2) is 39.8 Å². The predicted octanol–water partition coefficient (Wildman–Crippen LogP) is 1.06. The van der Waals surface area contributed by atoms with Crippen molar-refractivity contribution in [3.63, 3.8) is 0 Å². The molecule has 1 aromatic rings. The highest BCUT2D eigenvalue weighted by molar-refractivity contribution is 5.90. The van der Waals surface area contributed by atoms with Crippen LogP contribution < -0.4 is 5.32 Å². The number of carbonyl (C=O) groups is 1. The number of ether oxygens (including phenoxy) is 1. The summed E-state index contributed by atoms with van der Waals surface area (Å²) in [6.45, 7) is 5.35. The second-order valence-corrected chi connectivity index (χ2v) is 4.94. The van der Waals surface area contributed by atoms with Gasteiger partial charge in [-0.2, -0.15) is 0 Å². The van der Waals surface area contributed by atoms with Crippen LogP contribution in [0.1, 0.15) is 49.6 Å². The van der Waals surface area contributed by atoms with Gasteiger partial charge in [-0.25, -0.2) is 4.98 Å². The Balaban J connectivity index is 1.87. The van der Waals surface area contributed by atoms with Crippen molar-refractivity contribution >= 4 is 5.91 Å². The molecule has 6 nitrogen and oxygen atoms in total. The molecule has 1 aliphatic heterocycles. The van der Waals surface area contributed by atoms with Crippen molar-refractivity contribution in [3.05, 3.63) is 11.6 Å². The first kappa shape index (κ1) is 13.0. The minimum Gasteiger partial charge on any atom is -0.373 e. The number of aryl methyl sites for hydroxylation is 1. The fraction of sp³-hybridized carbons (Fsp3) is 0.750. The van der Waals surface area contributed by atoms with Gasteiger partial charge in [-0.3, -0.25) is 9.89 Å². The first-order valence-electron chi connectivity index (χ1n) is 6.46. The number of H-pyrrole nitrogens is 1. The Bertz CT molecular complexity index is 410. The monoisotopic (exact) mass is 252 g/mol. The third-order valence-electron chi connectivity index (χ3n) is 3.14. The number of rotatable bonds is 5. The maximum absolute atomic E-state index is 11.8. The summed E-state index contributed by atoms with van der Waals surface area (Å²) >= 11 is 0. The Morgan fingerprint density at radius 1 is 1.61 bits per heavy atom. The van der Waals surface area contributed by atoms with Gasteiger partial charge in [0.15, 0.2) is 0 Å². The smallest absolute Gasteiger partial charge is 0.291 e. The van der Waals surface area contributed by atoms with Gasteiger partial charge in [0.25, 0.3) is 5.91 Å². The first-order valence-corrected chi connectivity index (χ1v) is 6.46. The van der Waals surface area contributed by atoms with Crippen molar-refractivity contribution in [3.8, 4) is 0 Å². The van der Waals surface area contributed by atoms with Crippen LogP contribution in [0.25, 0.3) is 0 Å². The molecule has 1 aliphatic rings. The van der Waals surface area contributed by atoms with E-state index >= 15 is 0 Å². The van der Waals surface area contributed by atoms with E-state index in [2.05, 4.69) is 27.4 Å². The summed E-state index contributed by atoms with van der Waals surface area (Å²) in [6, 6.07) is 0. The Morgan fingerprint density at radius 3 is 3.11 bits per heavy atom. The molecule has 0 radical (unpaired) electrons. The molecule has 1 fully saturated rings. The summed E-state index contributed by atoms with van der Waals surface area (Å²) in [4.78, 5) is 16.0. The zero-order valence-corrected chi connectivity index (χ0v) is 11.0. The predicted molar refractivity (Wildman–Crippen MR) is 66.3 cm³/mol. The molecular weight excluding hydrogens is 232 g/mol. The molecule has 1 saturated heterocycles. The molecule has 1 atom stereocenters. The average Bonchev–Trinajstić information content (AvgIpc) is 2.97. The van der Waals surface area contributed by atoms with Crippen molar-refractivity contribution in [1.29, 1.82) is 0 Å². The van der Waals surface area contributed by atoms with Crippen LogP contribution in [0, 0.1) is 0 Å². The number of amides is 1. The van der Waals surface area contributed by atoms with E-state index in [0.717, 1.165) is 38.1 Å². The highest BCUT2D eigenvalue weighted by Crippen LogP contribution is 2.23. The summed E-state index contributed by atoms with van der Waals surface area (Å²) in [6.07, 6.45) is 3.80. The van der Waals surface area contributed by atoms with Crippen LogP contribution in [0.2, 0.25) is 0 Å². The highest BCUT2D eigenvalue weighted by atomic mass is 16.5. The lowest BCUT2D eigenvalue weighted by molar-refractivity contribution is 0.0205. The molecule has 2 rings (SSSR count). The molecule has 0 saturated carbocycles. The maximum Gasteiger partial charge on any atom is 0.291 e. The summed E-state index contributed by atoms with van der Waals surface area (Å²) in [5.74, 6) is 0.719. The Hall–Kier alpha value is -1.43. The minimum atomic E-state index is -0.245. The number of hydrogen-bond donors (Lipinski definition) is 2. The second kappa shape index (κ2) is 5.48. The zero-order chi connectivity index (χ0) is 13.0. The van der Waals surface area contributed by atoms with E-state index in [1.54, 1.807) is 0 Å². The summed E-state index contributed by atoms with van der Waals surface area (Å²) in [5, 5.41) is 9.51. The van der Waals surface area contributed by atoms with E-state index in [1.165, 1.54) is 0 Å². The summed E-state index contributed by atoms with van der Waals surface area (Å²) in [5.41, 5.74) is -0.238. The van der Waals surface area contributed by atoms with Crippen LogP contribution in [0.4, 0.5) is 0 Å². The molecule has 0 bridgehead atoms. The maximum atomic E-state index is 11.8. The van der Waals surface area contributed by atoms with E-state index in [-0.39, 0.29) is 17.3 Å². The molecule has 6 heteroatoms. The summed E-state index contributed by atoms with van der Waals surface area (Å²) < 4.78 is 5.61. The average molecular weight is 252 g/mol. The number of carbonyl (C=O) groups excluding carboxylic acids is 1. The lowest BCUT2D eigenvalue weighted by atomic mass is 10.0. The molecule has 2 heterocycles. The number of nitrogens with one attached hydrogen (secondary N) is 2. The van der Waals surface area contributed by atoms with Crippen molar-refractivity contribution in [2.24, 2.45) is 0 Å². The van der Waals surface area contributed by atoms with Gasteiger partial charge < -0.3 is 10.1 Å². The molecule has 1 aromatic heterocycles. The normalized spacial score (nSPS) is 23.2. The SMILES string of the molecule is CCCc1nc(C(=O)NCC2(C)CCCO2)n[nH]1. The standard InChI is InChI=1S/C12H20N4O2/c1-3-5-9-14-10(16-15-9)11(17)13-8-12(2)6-4-7-18-12/h3-8H2,1-2H3,(H,13,17)(H,14,15,16). The lowest BCUT2D eigenvalue weighted by Gasteiger charge is -2.22. The van der Waals surface area contributed by atoms with Crippen molar-refractivity contribution < 1.29 is 9.53 Å². The van der Waals surface area contributed by atoms with Gasteiger partial charge in [0.2, 0.25) is 5.82 Å². The van der Waals surface area contributed by atoms with Crippen LogP contribution >= 0.6 is 0 Å². The van der Waals surface area contributed by atoms with E-state index in [0.29, 0.717) is 6.54 Å². The van der Waals surface area contributed by atoms with Gasteiger partial charge in [0.05, 0.1) is 5.60 Å². The highest BCUT2D eigenvalue weighted by Gasteiger charge is 2.30. The molecule has 2 N–H and O–H groups in total. The van der Waals surface area contributed by atoms with E-state index in [4.69, 9.17) is 4.74 Å². The number of aromatic amines is 1. The van der Waals surface area contributed by atoms with Crippen molar-refractivity contribution in [1.82, 2.24) is 20.5 Å². The quantitative estimate of drug-likeness (QED) is 0.821. The molecular formula is C12H20N4O2. The summed E-state index contributed by atoms with van der Waals surface area (Å²) in [7, 11) is 0. The molecule has 1 unspecified atom stereocenters. The second-order valence-electron chi connectivity index (χ2n) is 4.94. The fourth-order valence-corrected chi connectivity index (χ4v) is 2.07. The number of nitrogens with zero attached hydrogens (tertiary/aromatic N) is 2. The topological polar surface area (TPSA) is 79.9 Å². The largest absolute Gasteiger partial charge is 0.373 e. The van der Waals surface area contributed by atoms with Gasteiger partial charge in [0.1, 0.15) is 5.82 Å². The minimum absolute atomic E-state index is 0.208. The van der Waals surface area contributed by atoms with Crippen molar-refractivity contribution in [2.45, 2.75) is 45.1 Å². The molecule has 100 valence electrons. The molecule has 1 amide bonds. The van der Waals surface area contributed by atoms with E-state index < -0.39 is 0 Å². The lowest BCUT2D eigenvalue weighted by Crippen LogP contribution is -2.40. The zero-order valence-electron chi connectivity index (χ0n) is 11.0. The van der Waals surface area contributed by atoms with Gasteiger partial charge in [-0.05, 0) is 26.2 Å². The third-order valence-corrected chi connectivity index (χ3v) is 3.14. The molecule has 0 aromatic carbocycles. The van der Waals surface area contributed by atoms with Crippen LogP contribution in [0.5, 0.6) is 0 Å². The van der Waals surface area contributed by atoms with E-state index in [1.807, 2.05) is 6.92 Å².